The van der Waals surface area contributed by atoms with Crippen LogP contribution in [0.4, 0.5) is 10.5 Å². The highest BCUT2D eigenvalue weighted by Gasteiger charge is 2.43. The van der Waals surface area contributed by atoms with Crippen molar-refractivity contribution in [2.45, 2.75) is 55.4 Å². The molecular formula is C18H24N2O7S. The predicted molar refractivity (Wildman–Crippen MR) is 102 cm³/mol. The Morgan fingerprint density at radius 1 is 1.29 bits per heavy atom. The molecule has 0 aromatic heterocycles. The predicted octanol–water partition coefficient (Wildman–Crippen LogP) is 0.301. The molecule has 10 heteroatoms. The van der Waals surface area contributed by atoms with Crippen LogP contribution in [0.1, 0.15) is 18.9 Å². The summed E-state index contributed by atoms with van der Waals surface area (Å²) in [5, 5.41) is 41.0. The van der Waals surface area contributed by atoms with Gasteiger partial charge in [0, 0.05) is 11.3 Å². The molecule has 0 spiro atoms. The monoisotopic (exact) mass is 412 g/mol. The van der Waals surface area contributed by atoms with Gasteiger partial charge in [-0.1, -0.05) is 6.92 Å². The number of aliphatic hydroxyl groups is 4. The van der Waals surface area contributed by atoms with Crippen LogP contribution in [-0.2, 0) is 15.9 Å². The molecule has 0 radical (unpaired) electrons. The molecule has 0 bridgehead atoms. The van der Waals surface area contributed by atoms with Crippen molar-refractivity contribution in [2.75, 3.05) is 12.4 Å². The summed E-state index contributed by atoms with van der Waals surface area (Å²) in [4.78, 5) is 17.5. The zero-order valence-corrected chi connectivity index (χ0v) is 16.1. The summed E-state index contributed by atoms with van der Waals surface area (Å²) in [7, 11) is 0. The van der Waals surface area contributed by atoms with Crippen molar-refractivity contribution in [1.29, 1.82) is 0 Å². The Balaban J connectivity index is 1.49. The lowest BCUT2D eigenvalue weighted by Gasteiger charge is -2.37. The normalized spacial score (nSPS) is 29.2. The van der Waals surface area contributed by atoms with Gasteiger partial charge in [-0.15, -0.1) is 11.8 Å². The van der Waals surface area contributed by atoms with Crippen molar-refractivity contribution >= 4 is 29.4 Å². The van der Waals surface area contributed by atoms with Crippen LogP contribution in [0.15, 0.2) is 28.1 Å². The lowest BCUT2D eigenvalue weighted by atomic mass is 9.99. The number of carbonyl (C=O) groups excluding carboxylic acids is 1. The summed E-state index contributed by atoms with van der Waals surface area (Å²) in [6.45, 7) is 1.71. The second-order valence-electron chi connectivity index (χ2n) is 6.63. The molecule has 5 atom stereocenters. The molecule has 0 saturated carbocycles. The number of rotatable bonds is 5. The van der Waals surface area contributed by atoms with Crippen LogP contribution < -0.4 is 5.32 Å². The zero-order valence-electron chi connectivity index (χ0n) is 15.3. The lowest BCUT2D eigenvalue weighted by Crippen LogP contribution is -2.58. The molecule has 1 amide bonds. The van der Waals surface area contributed by atoms with Crippen molar-refractivity contribution in [2.24, 2.45) is 4.99 Å². The number of thioether (sulfide) groups is 1. The fourth-order valence-corrected chi connectivity index (χ4v) is 3.77. The smallest absolute Gasteiger partial charge is 0.412 e. The highest BCUT2D eigenvalue weighted by atomic mass is 32.2. The van der Waals surface area contributed by atoms with Crippen LogP contribution in [-0.4, -0.2) is 75.4 Å². The number of carbonyl (C=O) groups is 1. The van der Waals surface area contributed by atoms with Crippen LogP contribution in [0.25, 0.3) is 0 Å². The SMILES string of the molecule is CCCSc1ccc2c(c1)CC(NC(=O)OCC1OC(O)C(O)C(O)C1O)=N2. The van der Waals surface area contributed by atoms with Gasteiger partial charge in [-0.3, -0.25) is 5.32 Å². The largest absolute Gasteiger partial charge is 0.446 e. The van der Waals surface area contributed by atoms with E-state index in [4.69, 9.17) is 9.47 Å². The average molecular weight is 412 g/mol. The number of aliphatic imine (C=N–C) groups is 1. The highest BCUT2D eigenvalue weighted by Crippen LogP contribution is 2.31. The van der Waals surface area contributed by atoms with E-state index in [9.17, 15) is 25.2 Å². The molecule has 5 N–H and O–H groups in total. The Morgan fingerprint density at radius 2 is 2.07 bits per heavy atom. The molecule has 154 valence electrons. The van der Waals surface area contributed by atoms with Crippen molar-refractivity contribution in [1.82, 2.24) is 5.32 Å². The topological polar surface area (TPSA) is 141 Å². The van der Waals surface area contributed by atoms with Crippen LogP contribution in [0.3, 0.4) is 0 Å². The minimum atomic E-state index is -1.68. The van der Waals surface area contributed by atoms with Gasteiger partial charge in [0.05, 0.1) is 5.69 Å². The first-order valence-corrected chi connectivity index (χ1v) is 10.0. The van der Waals surface area contributed by atoms with E-state index in [-0.39, 0.29) is 0 Å². The number of amides is 1. The molecule has 2 heterocycles. The third-order valence-electron chi connectivity index (χ3n) is 4.45. The fourth-order valence-electron chi connectivity index (χ4n) is 2.94. The summed E-state index contributed by atoms with van der Waals surface area (Å²) in [6.07, 6.45) is -6.82. The summed E-state index contributed by atoms with van der Waals surface area (Å²) in [5.41, 5.74) is 1.81. The number of aliphatic hydroxyl groups excluding tert-OH is 4. The average Bonchev–Trinajstić information content (AvgIpc) is 3.07. The zero-order chi connectivity index (χ0) is 20.3. The van der Waals surface area contributed by atoms with Gasteiger partial charge in [-0.2, -0.15) is 0 Å². The van der Waals surface area contributed by atoms with E-state index in [0.29, 0.717) is 12.3 Å². The summed E-state index contributed by atoms with van der Waals surface area (Å²) < 4.78 is 9.95. The van der Waals surface area contributed by atoms with Gasteiger partial charge in [0.1, 0.15) is 36.9 Å². The number of ether oxygens (including phenoxy) is 2. The molecule has 1 aromatic rings. The Labute approximate surface area is 166 Å². The van der Waals surface area contributed by atoms with E-state index in [0.717, 1.165) is 28.3 Å². The van der Waals surface area contributed by atoms with E-state index < -0.39 is 43.4 Å². The molecule has 2 aliphatic heterocycles. The van der Waals surface area contributed by atoms with Gasteiger partial charge < -0.3 is 29.9 Å². The summed E-state index contributed by atoms with van der Waals surface area (Å²) in [5.74, 6) is 1.48. The minimum Gasteiger partial charge on any atom is -0.446 e. The third kappa shape index (κ3) is 4.83. The molecule has 28 heavy (non-hydrogen) atoms. The number of hydrogen-bond donors (Lipinski definition) is 5. The second kappa shape index (κ2) is 9.21. The number of fused-ring (bicyclic) bond motifs is 1. The van der Waals surface area contributed by atoms with Gasteiger partial charge >= 0.3 is 6.09 Å². The van der Waals surface area contributed by atoms with Crippen LogP contribution in [0.2, 0.25) is 0 Å². The standard InChI is InChI=1S/C18H24N2O7S/c1-2-5-28-10-3-4-11-9(6-10)7-13(19-11)20-18(25)26-8-12-14(21)15(22)16(23)17(24)27-12/h3-4,6,12,14-17,21-24H,2,5,7-8H2,1H3,(H,19,20,25). The Morgan fingerprint density at radius 3 is 2.82 bits per heavy atom. The van der Waals surface area contributed by atoms with E-state index in [1.165, 1.54) is 0 Å². The molecule has 5 unspecified atom stereocenters. The molecule has 1 saturated heterocycles. The van der Waals surface area contributed by atoms with Gasteiger partial charge in [0.25, 0.3) is 0 Å². The number of amidine groups is 1. The maximum atomic E-state index is 12.0. The quantitative estimate of drug-likeness (QED) is 0.435. The van der Waals surface area contributed by atoms with E-state index in [1.807, 2.05) is 12.1 Å². The Hall–Kier alpha value is -1.69. The molecule has 2 aliphatic rings. The van der Waals surface area contributed by atoms with Crippen LogP contribution in [0.5, 0.6) is 0 Å². The van der Waals surface area contributed by atoms with Crippen LogP contribution in [0, 0.1) is 0 Å². The Bertz CT molecular complexity index is 745. The first-order chi connectivity index (χ1) is 13.4. The highest BCUT2D eigenvalue weighted by molar-refractivity contribution is 7.99. The maximum Gasteiger partial charge on any atom is 0.412 e. The number of hydrogen-bond acceptors (Lipinski definition) is 9. The molecule has 1 fully saturated rings. The molecular weight excluding hydrogens is 388 g/mol. The van der Waals surface area contributed by atoms with Gasteiger partial charge in [-0.05, 0) is 35.9 Å². The first-order valence-electron chi connectivity index (χ1n) is 9.03. The third-order valence-corrected chi connectivity index (χ3v) is 5.65. The lowest BCUT2D eigenvalue weighted by molar-refractivity contribution is -0.286. The van der Waals surface area contributed by atoms with E-state index in [1.54, 1.807) is 11.8 Å². The molecule has 3 rings (SSSR count). The van der Waals surface area contributed by atoms with Crippen LogP contribution >= 0.6 is 11.8 Å². The minimum absolute atomic E-state index is 0.411. The van der Waals surface area contributed by atoms with Crippen molar-refractivity contribution < 1.29 is 34.7 Å². The maximum absolute atomic E-state index is 12.0. The van der Waals surface area contributed by atoms with Gasteiger partial charge in [0.15, 0.2) is 6.29 Å². The van der Waals surface area contributed by atoms with Crippen molar-refractivity contribution in [3.63, 3.8) is 0 Å². The van der Waals surface area contributed by atoms with Gasteiger partial charge in [-0.25, -0.2) is 9.79 Å². The van der Waals surface area contributed by atoms with Crippen molar-refractivity contribution in [3.8, 4) is 0 Å². The van der Waals surface area contributed by atoms with Gasteiger partial charge in [0.2, 0.25) is 0 Å². The molecule has 0 aliphatic carbocycles. The number of alkyl carbamates (subject to hydrolysis) is 1. The summed E-state index contributed by atoms with van der Waals surface area (Å²) in [6, 6.07) is 5.96. The second-order valence-corrected chi connectivity index (χ2v) is 7.80. The number of nitrogens with one attached hydrogen (secondary N) is 1. The molecule has 1 aromatic carbocycles. The molecule has 9 nitrogen and oxygen atoms in total. The van der Waals surface area contributed by atoms with E-state index in [2.05, 4.69) is 23.3 Å². The number of benzene rings is 1. The summed E-state index contributed by atoms with van der Waals surface area (Å²) >= 11 is 1.77. The van der Waals surface area contributed by atoms with Crippen molar-refractivity contribution in [3.05, 3.63) is 23.8 Å². The van der Waals surface area contributed by atoms with E-state index >= 15 is 0 Å². The Kier molecular flexibility index (Phi) is 6.91. The number of nitrogens with zero attached hydrogens (tertiary/aromatic N) is 1. The first kappa shape index (κ1) is 21.0. The fraction of sp³-hybridized carbons (Fsp3) is 0.556.